The molecule has 0 amide bonds. The Hall–Kier alpha value is -2.64. The molecule has 1 aromatic heterocycles. The van der Waals surface area contributed by atoms with E-state index in [0.717, 1.165) is 17.4 Å². The van der Waals surface area contributed by atoms with Crippen LogP contribution in [0.3, 0.4) is 0 Å². The zero-order chi connectivity index (χ0) is 20.8. The third-order valence-electron chi connectivity index (χ3n) is 4.87. The van der Waals surface area contributed by atoms with Crippen molar-refractivity contribution >= 4 is 17.5 Å². The van der Waals surface area contributed by atoms with Crippen LogP contribution in [0.1, 0.15) is 41.1 Å². The number of thioether (sulfide) groups is 1. The molecule has 29 heavy (non-hydrogen) atoms. The molecular weight excluding hydrogens is 384 g/mol. The predicted octanol–water partition coefficient (Wildman–Crippen LogP) is 2.60. The molecule has 0 spiro atoms. The highest BCUT2D eigenvalue weighted by atomic mass is 32.2. The van der Waals surface area contributed by atoms with Crippen LogP contribution in [0.5, 0.6) is 5.75 Å². The number of ketones is 1. The van der Waals surface area contributed by atoms with Crippen molar-refractivity contribution in [1.29, 1.82) is 0 Å². The van der Waals surface area contributed by atoms with Crippen LogP contribution in [0.4, 0.5) is 0 Å². The number of Topliss-reactive ketones (excluding diaryl/α,β-unsaturated/α-hetero) is 1. The number of rotatable bonds is 9. The highest BCUT2D eigenvalue weighted by Gasteiger charge is 2.25. The molecule has 0 aliphatic rings. The van der Waals surface area contributed by atoms with E-state index in [9.17, 15) is 9.90 Å². The second kappa shape index (κ2) is 9.71. The minimum Gasteiger partial charge on any atom is -0.508 e. The van der Waals surface area contributed by atoms with Crippen LogP contribution in [-0.4, -0.2) is 45.5 Å². The van der Waals surface area contributed by atoms with Gasteiger partial charge in [0.25, 0.3) is 0 Å². The topological polar surface area (TPSA) is 72.4 Å². The molecule has 0 radical (unpaired) electrons. The van der Waals surface area contributed by atoms with Crippen molar-refractivity contribution in [1.82, 2.24) is 14.8 Å². The van der Waals surface area contributed by atoms with E-state index < -0.39 is 0 Å². The van der Waals surface area contributed by atoms with E-state index in [-0.39, 0.29) is 23.3 Å². The number of aromatic nitrogens is 3. The first-order valence-electron chi connectivity index (χ1n) is 9.71. The Balaban J connectivity index is 1.84. The van der Waals surface area contributed by atoms with E-state index in [0.29, 0.717) is 12.1 Å². The molecular formula is C22H27N4O2S+. The highest BCUT2D eigenvalue weighted by Crippen LogP contribution is 2.23. The molecule has 1 heterocycles. The van der Waals surface area contributed by atoms with E-state index in [1.165, 1.54) is 34.4 Å². The third kappa shape index (κ3) is 5.25. The number of nitrogens with zero attached hydrogens (tertiary/aromatic N) is 3. The minimum atomic E-state index is -0.00362. The summed E-state index contributed by atoms with van der Waals surface area (Å²) in [6.45, 7) is 2.82. The van der Waals surface area contributed by atoms with Gasteiger partial charge in [0.15, 0.2) is 16.8 Å². The lowest BCUT2D eigenvalue weighted by Crippen LogP contribution is -3.06. The van der Waals surface area contributed by atoms with Gasteiger partial charge in [0, 0.05) is 12.0 Å². The summed E-state index contributed by atoms with van der Waals surface area (Å²) < 4.78 is 2.13. The number of phenolic OH excluding ortho intramolecular Hbond substituents is 1. The molecule has 3 aromatic rings. The summed E-state index contributed by atoms with van der Waals surface area (Å²) in [4.78, 5) is 13.8. The van der Waals surface area contributed by atoms with Gasteiger partial charge >= 0.3 is 0 Å². The lowest BCUT2D eigenvalue weighted by Gasteiger charge is -2.20. The van der Waals surface area contributed by atoms with E-state index in [1.54, 1.807) is 12.1 Å². The van der Waals surface area contributed by atoms with Crippen molar-refractivity contribution in [3.63, 3.8) is 0 Å². The summed E-state index contributed by atoms with van der Waals surface area (Å²) in [5.74, 6) is 1.36. The van der Waals surface area contributed by atoms with Gasteiger partial charge < -0.3 is 10.0 Å². The standard InChI is InChI=1S/C22H26N4O2S/c1-4-19(25(2)3)21-23-24-22(26(21)14-16-8-6-5-7-9-16)29-15-20(28)17-10-12-18(27)13-11-17/h5-13,19,27H,4,14-15H2,1-3H3/p+1/t19-/m1/s1. The summed E-state index contributed by atoms with van der Waals surface area (Å²) >= 11 is 1.40. The van der Waals surface area contributed by atoms with Crippen LogP contribution in [0.2, 0.25) is 0 Å². The Bertz CT molecular complexity index is 939. The van der Waals surface area contributed by atoms with Crippen LogP contribution in [0.15, 0.2) is 59.8 Å². The molecule has 2 aromatic carbocycles. The fraction of sp³-hybridized carbons (Fsp3) is 0.318. The molecule has 1 atom stereocenters. The van der Waals surface area contributed by atoms with Crippen molar-refractivity contribution in [3.05, 3.63) is 71.5 Å². The van der Waals surface area contributed by atoms with E-state index in [1.807, 2.05) is 18.2 Å². The summed E-state index contributed by atoms with van der Waals surface area (Å²) in [7, 11) is 4.24. The van der Waals surface area contributed by atoms with Gasteiger partial charge in [0.1, 0.15) is 11.8 Å². The fourth-order valence-electron chi connectivity index (χ4n) is 3.29. The highest BCUT2D eigenvalue weighted by molar-refractivity contribution is 7.99. The molecule has 0 saturated heterocycles. The van der Waals surface area contributed by atoms with Crippen molar-refractivity contribution in [2.45, 2.75) is 31.1 Å². The second-order valence-electron chi connectivity index (χ2n) is 7.21. The van der Waals surface area contributed by atoms with Gasteiger partial charge in [0.2, 0.25) is 0 Å². The SMILES string of the molecule is CC[C@H](c1nnc(SCC(=O)c2ccc(O)cc2)n1Cc1ccccc1)[NH+](C)C. The molecule has 6 nitrogen and oxygen atoms in total. The van der Waals surface area contributed by atoms with Gasteiger partial charge in [-0.05, 0) is 29.8 Å². The second-order valence-corrected chi connectivity index (χ2v) is 8.15. The average Bonchev–Trinajstić information content (AvgIpc) is 3.10. The minimum absolute atomic E-state index is 0.00362. The number of hydrogen-bond donors (Lipinski definition) is 2. The summed E-state index contributed by atoms with van der Waals surface area (Å²) in [5, 5.41) is 19.1. The molecule has 0 saturated carbocycles. The summed E-state index contributed by atoms with van der Waals surface area (Å²) in [6.07, 6.45) is 0.951. The van der Waals surface area contributed by atoms with Crippen LogP contribution in [0, 0.1) is 0 Å². The number of nitrogens with one attached hydrogen (secondary N) is 1. The quantitative estimate of drug-likeness (QED) is 0.418. The molecule has 152 valence electrons. The number of hydrogen-bond acceptors (Lipinski definition) is 5. The Morgan fingerprint density at radius 1 is 1.10 bits per heavy atom. The maximum atomic E-state index is 12.5. The van der Waals surface area contributed by atoms with Gasteiger partial charge in [-0.2, -0.15) is 0 Å². The fourth-order valence-corrected chi connectivity index (χ4v) is 4.13. The molecule has 0 fully saturated rings. The van der Waals surface area contributed by atoms with Gasteiger partial charge in [-0.25, -0.2) is 0 Å². The number of benzene rings is 2. The normalized spacial score (nSPS) is 12.3. The molecule has 0 aliphatic heterocycles. The van der Waals surface area contributed by atoms with E-state index in [4.69, 9.17) is 0 Å². The maximum Gasteiger partial charge on any atom is 0.192 e. The lowest BCUT2D eigenvalue weighted by atomic mass is 10.1. The number of quaternary nitrogens is 1. The van der Waals surface area contributed by atoms with Crippen molar-refractivity contribution in [2.75, 3.05) is 19.8 Å². The first kappa shape index (κ1) is 21.1. The largest absolute Gasteiger partial charge is 0.508 e. The van der Waals surface area contributed by atoms with E-state index in [2.05, 4.69) is 47.9 Å². The maximum absolute atomic E-state index is 12.5. The Morgan fingerprint density at radius 3 is 2.41 bits per heavy atom. The van der Waals surface area contributed by atoms with Gasteiger partial charge in [-0.3, -0.25) is 9.36 Å². The monoisotopic (exact) mass is 411 g/mol. The lowest BCUT2D eigenvalue weighted by molar-refractivity contribution is -0.893. The molecule has 0 aliphatic carbocycles. The van der Waals surface area contributed by atoms with Crippen LogP contribution >= 0.6 is 11.8 Å². The third-order valence-corrected chi connectivity index (χ3v) is 5.83. The zero-order valence-corrected chi connectivity index (χ0v) is 17.8. The number of carbonyl (C=O) groups excluding carboxylic acids is 1. The Morgan fingerprint density at radius 2 is 1.79 bits per heavy atom. The average molecular weight is 412 g/mol. The summed E-state index contributed by atoms with van der Waals surface area (Å²) in [5.41, 5.74) is 1.75. The zero-order valence-electron chi connectivity index (χ0n) is 17.0. The molecule has 3 rings (SSSR count). The van der Waals surface area contributed by atoms with Gasteiger partial charge in [-0.15, -0.1) is 10.2 Å². The molecule has 0 unspecified atom stereocenters. The predicted molar refractivity (Wildman–Crippen MR) is 115 cm³/mol. The first-order chi connectivity index (χ1) is 14.0. The number of aromatic hydroxyl groups is 1. The number of phenols is 1. The van der Waals surface area contributed by atoms with Gasteiger partial charge in [0.05, 0.1) is 26.4 Å². The van der Waals surface area contributed by atoms with Crippen LogP contribution < -0.4 is 4.90 Å². The summed E-state index contributed by atoms with van der Waals surface area (Å²) in [6, 6.07) is 16.8. The van der Waals surface area contributed by atoms with Crippen molar-refractivity contribution in [2.24, 2.45) is 0 Å². The van der Waals surface area contributed by atoms with Crippen molar-refractivity contribution in [3.8, 4) is 5.75 Å². The van der Waals surface area contributed by atoms with Gasteiger partial charge in [-0.1, -0.05) is 49.0 Å². The first-order valence-corrected chi connectivity index (χ1v) is 10.7. The number of carbonyl (C=O) groups is 1. The Kier molecular flexibility index (Phi) is 7.06. The van der Waals surface area contributed by atoms with Crippen LogP contribution in [0.25, 0.3) is 0 Å². The smallest absolute Gasteiger partial charge is 0.192 e. The molecule has 2 N–H and O–H groups in total. The Labute approximate surface area is 175 Å². The van der Waals surface area contributed by atoms with Crippen LogP contribution in [-0.2, 0) is 6.54 Å². The molecule has 7 heteroatoms. The van der Waals surface area contributed by atoms with E-state index >= 15 is 0 Å². The van der Waals surface area contributed by atoms with Crippen molar-refractivity contribution < 1.29 is 14.8 Å². The molecule has 0 bridgehead atoms.